The number of carbonyl (C=O) groups is 1. The van der Waals surface area contributed by atoms with Crippen molar-refractivity contribution >= 4 is 11.9 Å². The number of carbonyl (C=O) groups excluding carboxylic acids is 1. The van der Waals surface area contributed by atoms with Crippen molar-refractivity contribution in [1.29, 1.82) is 0 Å². The average molecular weight is 342 g/mol. The second-order valence-electron chi connectivity index (χ2n) is 5.37. The molecule has 0 radical (unpaired) electrons. The molecular formula is C20H22O5. The molecule has 0 aromatic heterocycles. The van der Waals surface area contributed by atoms with Crippen LogP contribution in [0.2, 0.25) is 0 Å². The molecule has 0 aliphatic rings. The molecule has 0 aliphatic heterocycles. The number of benzene rings is 2. The van der Waals surface area contributed by atoms with Gasteiger partial charge in [-0.2, -0.15) is 0 Å². The van der Waals surface area contributed by atoms with Gasteiger partial charge in [0.25, 0.3) is 0 Å². The maximum absolute atomic E-state index is 12.4. The molecule has 2 aromatic carbocycles. The second-order valence-corrected chi connectivity index (χ2v) is 5.37. The number of hydrogen-bond acceptors (Lipinski definition) is 5. The Balaban J connectivity index is 2.16. The van der Waals surface area contributed by atoms with Crippen molar-refractivity contribution in [3.05, 3.63) is 53.6 Å². The number of ketones is 1. The third-order valence-corrected chi connectivity index (χ3v) is 3.51. The van der Waals surface area contributed by atoms with Crippen LogP contribution in [0.25, 0.3) is 6.08 Å². The summed E-state index contributed by atoms with van der Waals surface area (Å²) in [7, 11) is 3.06. The van der Waals surface area contributed by atoms with Crippen molar-refractivity contribution in [2.45, 2.75) is 13.3 Å². The van der Waals surface area contributed by atoms with E-state index in [2.05, 4.69) is 0 Å². The molecule has 0 fully saturated rings. The van der Waals surface area contributed by atoms with E-state index in [4.69, 9.17) is 14.2 Å². The van der Waals surface area contributed by atoms with Gasteiger partial charge in [0.05, 0.1) is 20.8 Å². The zero-order valence-corrected chi connectivity index (χ0v) is 14.6. The topological polar surface area (TPSA) is 65.0 Å². The van der Waals surface area contributed by atoms with Gasteiger partial charge in [-0.3, -0.25) is 4.79 Å². The quantitative estimate of drug-likeness (QED) is 0.578. The summed E-state index contributed by atoms with van der Waals surface area (Å²) in [6, 6.07) is 10.0. The van der Waals surface area contributed by atoms with Gasteiger partial charge in [0.1, 0.15) is 11.5 Å². The molecule has 0 bridgehead atoms. The lowest BCUT2D eigenvalue weighted by atomic mass is 10.1. The van der Waals surface area contributed by atoms with Crippen LogP contribution in [-0.4, -0.2) is 31.7 Å². The Labute approximate surface area is 147 Å². The number of phenolic OH excluding ortho intramolecular Hbond substituents is 1. The third kappa shape index (κ3) is 5.01. The first-order valence-corrected chi connectivity index (χ1v) is 7.98. The largest absolute Gasteiger partial charge is 0.504 e. The summed E-state index contributed by atoms with van der Waals surface area (Å²) in [4.78, 5) is 12.4. The number of hydrogen-bond donors (Lipinski definition) is 1. The molecule has 0 aliphatic carbocycles. The van der Waals surface area contributed by atoms with Crippen molar-refractivity contribution in [3.8, 4) is 23.0 Å². The normalized spacial score (nSPS) is 10.7. The minimum absolute atomic E-state index is 0.0473. The van der Waals surface area contributed by atoms with E-state index in [-0.39, 0.29) is 11.5 Å². The molecule has 0 amide bonds. The fourth-order valence-corrected chi connectivity index (χ4v) is 2.19. The van der Waals surface area contributed by atoms with Crippen LogP contribution < -0.4 is 14.2 Å². The zero-order chi connectivity index (χ0) is 18.2. The molecule has 0 saturated carbocycles. The molecule has 0 heterocycles. The third-order valence-electron chi connectivity index (χ3n) is 3.51. The van der Waals surface area contributed by atoms with Crippen LogP contribution in [0.4, 0.5) is 0 Å². The molecule has 0 saturated heterocycles. The Morgan fingerprint density at radius 2 is 1.76 bits per heavy atom. The van der Waals surface area contributed by atoms with E-state index in [1.807, 2.05) is 6.92 Å². The molecular weight excluding hydrogens is 320 g/mol. The van der Waals surface area contributed by atoms with E-state index in [9.17, 15) is 9.90 Å². The van der Waals surface area contributed by atoms with E-state index in [0.29, 0.717) is 35.0 Å². The fraction of sp³-hybridized carbons (Fsp3) is 0.250. The maximum atomic E-state index is 12.4. The van der Waals surface area contributed by atoms with Gasteiger partial charge in [0.2, 0.25) is 0 Å². The van der Waals surface area contributed by atoms with Crippen molar-refractivity contribution in [3.63, 3.8) is 0 Å². The Morgan fingerprint density at radius 1 is 1.08 bits per heavy atom. The summed E-state index contributed by atoms with van der Waals surface area (Å²) < 4.78 is 15.8. The first-order valence-electron chi connectivity index (χ1n) is 7.98. The lowest BCUT2D eigenvalue weighted by Crippen LogP contribution is -1.97. The molecule has 0 atom stereocenters. The maximum Gasteiger partial charge on any atom is 0.186 e. The van der Waals surface area contributed by atoms with Crippen molar-refractivity contribution in [1.82, 2.24) is 0 Å². The Bertz CT molecular complexity index is 742. The minimum atomic E-state index is -0.192. The lowest BCUT2D eigenvalue weighted by molar-refractivity contribution is 0.104. The molecule has 0 unspecified atom stereocenters. The van der Waals surface area contributed by atoms with Gasteiger partial charge in [-0.15, -0.1) is 0 Å². The lowest BCUT2D eigenvalue weighted by Gasteiger charge is -2.07. The van der Waals surface area contributed by atoms with Crippen LogP contribution in [0.5, 0.6) is 23.0 Å². The Morgan fingerprint density at radius 3 is 2.32 bits per heavy atom. The van der Waals surface area contributed by atoms with Crippen LogP contribution >= 0.6 is 0 Å². The predicted molar refractivity (Wildman–Crippen MR) is 96.8 cm³/mol. The van der Waals surface area contributed by atoms with E-state index >= 15 is 0 Å². The van der Waals surface area contributed by atoms with Crippen molar-refractivity contribution in [2.24, 2.45) is 0 Å². The summed E-state index contributed by atoms with van der Waals surface area (Å²) in [5, 5.41) is 9.96. The van der Waals surface area contributed by atoms with Crippen LogP contribution in [0.3, 0.4) is 0 Å². The van der Waals surface area contributed by atoms with E-state index in [1.54, 1.807) is 42.5 Å². The van der Waals surface area contributed by atoms with Crippen LogP contribution in [0, 0.1) is 0 Å². The number of rotatable bonds is 8. The molecule has 5 heteroatoms. The smallest absolute Gasteiger partial charge is 0.186 e. The fourth-order valence-electron chi connectivity index (χ4n) is 2.19. The highest BCUT2D eigenvalue weighted by Crippen LogP contribution is 2.28. The second kappa shape index (κ2) is 8.78. The van der Waals surface area contributed by atoms with Gasteiger partial charge >= 0.3 is 0 Å². The molecule has 5 nitrogen and oxygen atoms in total. The number of methoxy groups -OCH3 is 2. The monoisotopic (exact) mass is 342 g/mol. The Hall–Kier alpha value is -2.95. The molecule has 2 aromatic rings. The summed E-state index contributed by atoms with van der Waals surface area (Å²) >= 11 is 0. The van der Waals surface area contributed by atoms with Crippen molar-refractivity contribution in [2.75, 3.05) is 20.8 Å². The van der Waals surface area contributed by atoms with Crippen LogP contribution in [-0.2, 0) is 0 Å². The van der Waals surface area contributed by atoms with Gasteiger partial charge in [0.15, 0.2) is 17.3 Å². The predicted octanol–water partition coefficient (Wildman–Crippen LogP) is 4.09. The first kappa shape index (κ1) is 18.4. The van der Waals surface area contributed by atoms with Crippen LogP contribution in [0.1, 0.15) is 29.3 Å². The summed E-state index contributed by atoms with van der Waals surface area (Å²) in [6.45, 7) is 2.53. The Kier molecular flexibility index (Phi) is 6.46. The zero-order valence-electron chi connectivity index (χ0n) is 14.6. The number of aromatic hydroxyl groups is 1. The standard InChI is InChI=1S/C20H22O5/c1-4-9-25-20-8-6-14(10-19(20)22)5-7-18(21)15-11-16(23-2)13-17(12-15)24-3/h5-8,10-13,22H,4,9H2,1-3H3. The van der Waals surface area contributed by atoms with Crippen LogP contribution in [0.15, 0.2) is 42.5 Å². The highest BCUT2D eigenvalue weighted by molar-refractivity contribution is 6.07. The molecule has 25 heavy (non-hydrogen) atoms. The van der Waals surface area contributed by atoms with Gasteiger partial charge in [0, 0.05) is 11.6 Å². The summed E-state index contributed by atoms with van der Waals surface area (Å²) in [5.41, 5.74) is 1.16. The molecule has 2 rings (SSSR count). The van der Waals surface area contributed by atoms with Gasteiger partial charge in [-0.05, 0) is 42.3 Å². The average Bonchev–Trinajstić information content (AvgIpc) is 2.64. The molecule has 0 spiro atoms. The summed E-state index contributed by atoms with van der Waals surface area (Å²) in [5.74, 6) is 1.38. The van der Waals surface area contributed by atoms with Gasteiger partial charge in [-0.25, -0.2) is 0 Å². The molecule has 132 valence electrons. The SMILES string of the molecule is CCCOc1ccc(C=CC(=O)c2cc(OC)cc(OC)c2)cc1O. The van der Waals surface area contributed by atoms with E-state index in [0.717, 1.165) is 6.42 Å². The van der Waals surface area contributed by atoms with E-state index in [1.165, 1.54) is 20.3 Å². The van der Waals surface area contributed by atoms with Gasteiger partial charge in [-0.1, -0.05) is 19.1 Å². The van der Waals surface area contributed by atoms with E-state index < -0.39 is 0 Å². The van der Waals surface area contributed by atoms with Gasteiger partial charge < -0.3 is 19.3 Å². The minimum Gasteiger partial charge on any atom is -0.504 e. The number of ether oxygens (including phenoxy) is 3. The summed E-state index contributed by atoms with van der Waals surface area (Å²) in [6.07, 6.45) is 3.94. The highest BCUT2D eigenvalue weighted by Gasteiger charge is 2.08. The number of phenols is 1. The molecule has 1 N–H and O–H groups in total. The first-order chi connectivity index (χ1) is 12.1. The van der Waals surface area contributed by atoms with Crippen molar-refractivity contribution < 1.29 is 24.1 Å². The highest BCUT2D eigenvalue weighted by atomic mass is 16.5. The number of allylic oxidation sites excluding steroid dienone is 1.